The first-order valence-electron chi connectivity index (χ1n) is 3.98. The Balaban J connectivity index is 3.11. The lowest BCUT2D eigenvalue weighted by molar-refractivity contribution is -0.275. The van der Waals surface area contributed by atoms with E-state index in [0.29, 0.717) is 5.69 Å². The normalized spacial score (nSPS) is 11.6. The van der Waals surface area contributed by atoms with Gasteiger partial charge >= 0.3 is 6.36 Å². The molecule has 1 aromatic rings. The molecule has 1 N–H and O–H groups in total. The number of alkyl halides is 4. The Kier molecular flexibility index (Phi) is 4.62. The van der Waals surface area contributed by atoms with Crippen LogP contribution in [0.2, 0.25) is 0 Å². The van der Waals surface area contributed by atoms with E-state index in [0.717, 1.165) is 6.07 Å². The third-order valence-corrected chi connectivity index (χ3v) is 2.66. The Morgan fingerprint density at radius 3 is 2.56 bits per heavy atom. The number of ether oxygens (including phenoxy) is 1. The van der Waals surface area contributed by atoms with Gasteiger partial charge in [-0.1, -0.05) is 0 Å². The minimum absolute atomic E-state index is 0.0121. The van der Waals surface area contributed by atoms with Crippen LogP contribution in [0.4, 0.5) is 13.2 Å². The lowest BCUT2D eigenvalue weighted by Crippen LogP contribution is -2.18. The van der Waals surface area contributed by atoms with Crippen LogP contribution in [0.25, 0.3) is 0 Å². The van der Waals surface area contributed by atoms with E-state index in [-0.39, 0.29) is 15.1 Å². The second-order valence-corrected chi connectivity index (χ2v) is 4.01. The summed E-state index contributed by atoms with van der Waals surface area (Å²) in [6.07, 6.45) is -4.78. The van der Waals surface area contributed by atoms with Crippen molar-refractivity contribution >= 4 is 34.2 Å². The first kappa shape index (κ1) is 13.8. The maximum absolute atomic E-state index is 12.0. The van der Waals surface area contributed by atoms with E-state index in [1.54, 1.807) is 22.6 Å². The number of hydrogen-bond donors (Lipinski definition) is 1. The number of nitrogens with zero attached hydrogens (tertiary/aromatic N) is 1. The molecule has 0 spiro atoms. The van der Waals surface area contributed by atoms with Gasteiger partial charge in [0, 0.05) is 5.56 Å². The Labute approximate surface area is 108 Å². The average molecular weight is 367 g/mol. The van der Waals surface area contributed by atoms with Gasteiger partial charge in [-0.25, -0.2) is 4.98 Å². The van der Waals surface area contributed by atoms with Crippen molar-refractivity contribution in [2.75, 3.05) is 0 Å². The van der Waals surface area contributed by atoms with Gasteiger partial charge in [-0.3, -0.25) is 0 Å². The number of rotatable bonds is 3. The average Bonchev–Trinajstić information content (AvgIpc) is 2.18. The molecular formula is C8H6ClF3INO2. The fraction of sp³-hybridized carbons (Fsp3) is 0.375. The van der Waals surface area contributed by atoms with Crippen molar-refractivity contribution in [3.05, 3.63) is 21.0 Å². The summed E-state index contributed by atoms with van der Waals surface area (Å²) < 4.78 is 39.8. The maximum atomic E-state index is 12.0. The summed E-state index contributed by atoms with van der Waals surface area (Å²) in [4.78, 5) is 3.82. The molecule has 0 saturated carbocycles. The lowest BCUT2D eigenvalue weighted by atomic mass is 10.2. The minimum atomic E-state index is -4.78. The molecule has 8 heteroatoms. The Hall–Kier alpha value is -0.280. The molecule has 0 amide bonds. The summed E-state index contributed by atoms with van der Waals surface area (Å²) in [5.74, 6) is -0.427. The summed E-state index contributed by atoms with van der Waals surface area (Å²) in [6.45, 7) is -0.444. The van der Waals surface area contributed by atoms with Gasteiger partial charge in [0.15, 0.2) is 5.75 Å². The van der Waals surface area contributed by atoms with E-state index in [1.165, 1.54) is 0 Å². The number of aliphatic hydroxyl groups excluding tert-OH is 1. The van der Waals surface area contributed by atoms with Crippen LogP contribution in [0.1, 0.15) is 11.3 Å². The Morgan fingerprint density at radius 1 is 1.50 bits per heavy atom. The molecule has 1 aromatic heterocycles. The molecule has 1 rings (SSSR count). The second-order valence-electron chi connectivity index (χ2n) is 2.72. The second kappa shape index (κ2) is 5.37. The smallest absolute Gasteiger partial charge is 0.403 e. The monoisotopic (exact) mass is 367 g/mol. The largest absolute Gasteiger partial charge is 0.573 e. The standard InChI is InChI=1S/C8H6ClF3INO2/c9-2-5-4(3-15)1-6(7(13)14-5)16-8(10,11)12/h1,15H,2-3H2. The van der Waals surface area contributed by atoms with E-state index in [9.17, 15) is 13.2 Å². The molecule has 1 heterocycles. The Bertz CT molecular complexity index is 386. The van der Waals surface area contributed by atoms with Crippen molar-refractivity contribution in [1.82, 2.24) is 4.98 Å². The molecule has 0 radical (unpaired) electrons. The predicted octanol–water partition coefficient (Wildman–Crippen LogP) is 2.82. The summed E-state index contributed by atoms with van der Waals surface area (Å²) in [7, 11) is 0. The number of aliphatic hydroxyl groups is 1. The number of aromatic nitrogens is 1. The first-order chi connectivity index (χ1) is 7.37. The summed E-state index contributed by atoms with van der Waals surface area (Å²) in [5, 5.41) is 8.93. The van der Waals surface area contributed by atoms with E-state index in [1.807, 2.05) is 0 Å². The molecule has 0 unspecified atom stereocenters. The van der Waals surface area contributed by atoms with Gasteiger partial charge in [-0.2, -0.15) is 0 Å². The highest BCUT2D eigenvalue weighted by Gasteiger charge is 2.32. The van der Waals surface area contributed by atoms with E-state index in [4.69, 9.17) is 16.7 Å². The molecule has 0 bridgehead atoms. The minimum Gasteiger partial charge on any atom is -0.403 e. The highest BCUT2D eigenvalue weighted by atomic mass is 127. The first-order valence-corrected chi connectivity index (χ1v) is 5.59. The van der Waals surface area contributed by atoms with Crippen molar-refractivity contribution < 1.29 is 23.0 Å². The molecule has 0 fully saturated rings. The number of pyridine rings is 1. The van der Waals surface area contributed by atoms with E-state index >= 15 is 0 Å². The van der Waals surface area contributed by atoms with Crippen LogP contribution < -0.4 is 4.74 Å². The lowest BCUT2D eigenvalue weighted by Gasteiger charge is -2.12. The molecule has 0 aliphatic heterocycles. The molecule has 0 aromatic carbocycles. The van der Waals surface area contributed by atoms with Crippen molar-refractivity contribution in [2.24, 2.45) is 0 Å². The zero-order valence-electron chi connectivity index (χ0n) is 7.68. The molecule has 0 atom stereocenters. The van der Waals surface area contributed by atoms with Gasteiger partial charge in [0.2, 0.25) is 0 Å². The van der Waals surface area contributed by atoms with Gasteiger partial charge in [-0.05, 0) is 28.7 Å². The fourth-order valence-corrected chi connectivity index (χ4v) is 1.78. The summed E-state index contributed by atoms with van der Waals surface area (Å²) in [5.41, 5.74) is 0.553. The Morgan fingerprint density at radius 2 is 2.12 bits per heavy atom. The number of hydrogen-bond acceptors (Lipinski definition) is 3. The SMILES string of the molecule is OCc1cc(OC(F)(F)F)c(I)nc1CCl. The molecule has 90 valence electrons. The summed E-state index contributed by atoms with van der Waals surface area (Å²) >= 11 is 7.13. The molecular weight excluding hydrogens is 361 g/mol. The van der Waals surface area contributed by atoms with Gasteiger partial charge < -0.3 is 9.84 Å². The van der Waals surface area contributed by atoms with Crippen molar-refractivity contribution in [1.29, 1.82) is 0 Å². The topological polar surface area (TPSA) is 42.4 Å². The van der Waals surface area contributed by atoms with Gasteiger partial charge in [0.05, 0.1) is 18.2 Å². The highest BCUT2D eigenvalue weighted by molar-refractivity contribution is 14.1. The van der Waals surface area contributed by atoms with Crippen molar-refractivity contribution in [3.63, 3.8) is 0 Å². The molecule has 0 saturated heterocycles. The van der Waals surface area contributed by atoms with E-state index in [2.05, 4.69) is 9.72 Å². The molecule has 3 nitrogen and oxygen atoms in total. The highest BCUT2D eigenvalue weighted by Crippen LogP contribution is 2.28. The zero-order valence-corrected chi connectivity index (χ0v) is 10.6. The van der Waals surface area contributed by atoms with Crippen LogP contribution >= 0.6 is 34.2 Å². The van der Waals surface area contributed by atoms with Crippen LogP contribution in [0.3, 0.4) is 0 Å². The fourth-order valence-electron chi connectivity index (χ4n) is 0.995. The van der Waals surface area contributed by atoms with Crippen molar-refractivity contribution in [3.8, 4) is 5.75 Å². The van der Waals surface area contributed by atoms with Crippen LogP contribution in [0.15, 0.2) is 6.07 Å². The van der Waals surface area contributed by atoms with E-state index < -0.39 is 18.7 Å². The number of halogens is 5. The molecule has 0 aliphatic carbocycles. The predicted molar refractivity (Wildman–Crippen MR) is 59.1 cm³/mol. The van der Waals surface area contributed by atoms with Crippen LogP contribution in [-0.2, 0) is 12.5 Å². The third-order valence-electron chi connectivity index (χ3n) is 1.64. The maximum Gasteiger partial charge on any atom is 0.573 e. The van der Waals surface area contributed by atoms with Gasteiger partial charge in [-0.15, -0.1) is 24.8 Å². The zero-order chi connectivity index (χ0) is 12.3. The van der Waals surface area contributed by atoms with Gasteiger partial charge in [0.1, 0.15) is 3.70 Å². The summed E-state index contributed by atoms with van der Waals surface area (Å²) in [6, 6.07) is 1.08. The quantitative estimate of drug-likeness (QED) is 0.507. The van der Waals surface area contributed by atoms with Crippen LogP contribution in [-0.4, -0.2) is 16.5 Å². The third kappa shape index (κ3) is 3.63. The van der Waals surface area contributed by atoms with Crippen molar-refractivity contribution in [2.45, 2.75) is 18.8 Å². The van der Waals surface area contributed by atoms with Crippen LogP contribution in [0.5, 0.6) is 5.75 Å². The molecule has 16 heavy (non-hydrogen) atoms. The molecule has 0 aliphatic rings. The van der Waals surface area contributed by atoms with Gasteiger partial charge in [0.25, 0.3) is 0 Å². The van der Waals surface area contributed by atoms with Crippen LogP contribution in [0, 0.1) is 3.70 Å².